The van der Waals surface area contributed by atoms with Crippen molar-refractivity contribution in [3.8, 4) is 0 Å². The average molecular weight is 373 g/mol. The Labute approximate surface area is 162 Å². The summed E-state index contributed by atoms with van der Waals surface area (Å²) >= 11 is 0. The zero-order chi connectivity index (χ0) is 20.3. The van der Waals surface area contributed by atoms with Gasteiger partial charge in [0.05, 0.1) is 11.2 Å². The minimum Gasteiger partial charge on any atom is -0.228 e. The normalized spacial score (nSPS) is 19.6. The molecule has 0 heterocycles. The number of rotatable bonds is 8. The molecule has 0 bridgehead atoms. The lowest BCUT2D eigenvalue weighted by Crippen LogP contribution is -2.44. The van der Waals surface area contributed by atoms with E-state index in [1.54, 1.807) is 0 Å². The molecule has 0 unspecified atom stereocenters. The molecule has 4 heteroatoms. The first-order valence-corrected chi connectivity index (χ1v) is 10.3. The van der Waals surface area contributed by atoms with Crippen molar-refractivity contribution in [3.05, 3.63) is 0 Å². The van der Waals surface area contributed by atoms with Gasteiger partial charge in [-0.15, -0.1) is 0 Å². The third kappa shape index (κ3) is 9.68. The Morgan fingerprint density at radius 1 is 0.577 bits per heavy atom. The van der Waals surface area contributed by atoms with E-state index in [9.17, 15) is 0 Å². The third-order valence-electron chi connectivity index (χ3n) is 4.37. The van der Waals surface area contributed by atoms with Crippen molar-refractivity contribution in [3.63, 3.8) is 0 Å². The van der Waals surface area contributed by atoms with E-state index < -0.39 is 5.79 Å². The monoisotopic (exact) mass is 372 g/mol. The molecule has 1 aliphatic rings. The second-order valence-corrected chi connectivity index (χ2v) is 11.8. The molecule has 1 rings (SSSR count). The molecule has 0 aromatic carbocycles. The van der Waals surface area contributed by atoms with Crippen molar-refractivity contribution in [1.29, 1.82) is 0 Å². The second-order valence-electron chi connectivity index (χ2n) is 11.8. The topological polar surface area (TPSA) is 36.9 Å². The molecule has 4 nitrogen and oxygen atoms in total. The van der Waals surface area contributed by atoms with Crippen LogP contribution in [-0.2, 0) is 19.6 Å². The summed E-state index contributed by atoms with van der Waals surface area (Å²) in [5.74, 6) is -0.803. The average Bonchev–Trinajstić information content (AvgIpc) is 2.40. The molecular formula is C22H44O4. The van der Waals surface area contributed by atoms with Crippen molar-refractivity contribution < 1.29 is 19.6 Å². The zero-order valence-electron chi connectivity index (χ0n) is 19.1. The smallest absolute Gasteiger partial charge is 0.228 e. The molecule has 0 aromatic rings. The van der Waals surface area contributed by atoms with Gasteiger partial charge in [0.25, 0.3) is 0 Å². The van der Waals surface area contributed by atoms with Gasteiger partial charge in [0.15, 0.2) is 0 Å². The Balaban J connectivity index is 2.73. The minimum absolute atomic E-state index is 0.165. The summed E-state index contributed by atoms with van der Waals surface area (Å²) < 4.78 is 0. The summed E-state index contributed by atoms with van der Waals surface area (Å²) in [5, 5.41) is 0. The van der Waals surface area contributed by atoms with Crippen molar-refractivity contribution >= 4 is 0 Å². The van der Waals surface area contributed by atoms with Gasteiger partial charge in [0.2, 0.25) is 5.79 Å². The van der Waals surface area contributed by atoms with E-state index in [2.05, 4.69) is 69.2 Å². The van der Waals surface area contributed by atoms with Crippen LogP contribution in [0.3, 0.4) is 0 Å². The van der Waals surface area contributed by atoms with Gasteiger partial charge in [-0.2, -0.15) is 9.78 Å². The molecule has 0 saturated heterocycles. The Kier molecular flexibility index (Phi) is 7.77. The zero-order valence-corrected chi connectivity index (χ0v) is 19.1. The van der Waals surface area contributed by atoms with E-state index in [4.69, 9.17) is 19.6 Å². The molecular weight excluding hydrogens is 328 g/mol. The SMILES string of the molecule is CC(C)(C)CC(C)(C)OOC1(OOC(C)(C)CC(C)(C)C)CCCCC1. The molecule has 0 aromatic heterocycles. The van der Waals surface area contributed by atoms with E-state index in [1.807, 2.05) is 0 Å². The van der Waals surface area contributed by atoms with Gasteiger partial charge in [0.1, 0.15) is 0 Å². The van der Waals surface area contributed by atoms with Gasteiger partial charge in [-0.1, -0.05) is 48.0 Å². The predicted molar refractivity (Wildman–Crippen MR) is 106 cm³/mol. The maximum absolute atomic E-state index is 5.96. The van der Waals surface area contributed by atoms with Crippen LogP contribution in [0.2, 0.25) is 0 Å². The minimum atomic E-state index is -0.803. The van der Waals surface area contributed by atoms with E-state index >= 15 is 0 Å². The number of hydrogen-bond donors (Lipinski definition) is 0. The van der Waals surface area contributed by atoms with Gasteiger partial charge in [0, 0.05) is 12.8 Å². The lowest BCUT2D eigenvalue weighted by molar-refractivity contribution is -0.549. The van der Waals surface area contributed by atoms with Crippen LogP contribution in [-0.4, -0.2) is 17.0 Å². The molecule has 0 spiro atoms. The van der Waals surface area contributed by atoms with E-state index in [0.29, 0.717) is 0 Å². The molecule has 0 aliphatic heterocycles. The number of hydrogen-bond acceptors (Lipinski definition) is 4. The van der Waals surface area contributed by atoms with Gasteiger partial charge in [-0.3, -0.25) is 0 Å². The first-order chi connectivity index (χ1) is 11.5. The lowest BCUT2D eigenvalue weighted by Gasteiger charge is -2.40. The van der Waals surface area contributed by atoms with Crippen LogP contribution in [0.4, 0.5) is 0 Å². The summed E-state index contributed by atoms with van der Waals surface area (Å²) in [6.07, 6.45) is 6.71. The first kappa shape index (κ1) is 23.9. The van der Waals surface area contributed by atoms with Crippen LogP contribution in [0.15, 0.2) is 0 Å². The van der Waals surface area contributed by atoms with Crippen LogP contribution in [0.25, 0.3) is 0 Å². The standard InChI is InChI=1S/C22H44O4/c1-18(2,3)16-20(7,8)23-25-22(14-12-11-13-15-22)26-24-21(9,10)17-19(4,5)6/h11-17H2,1-10H3. The van der Waals surface area contributed by atoms with E-state index in [0.717, 1.165) is 38.5 Å². The lowest BCUT2D eigenvalue weighted by atomic mass is 9.84. The Morgan fingerprint density at radius 2 is 0.923 bits per heavy atom. The fourth-order valence-corrected chi connectivity index (χ4v) is 4.26. The summed E-state index contributed by atoms with van der Waals surface area (Å²) in [4.78, 5) is 23.7. The highest BCUT2D eigenvalue weighted by molar-refractivity contribution is 4.79. The molecule has 1 fully saturated rings. The van der Waals surface area contributed by atoms with Crippen LogP contribution < -0.4 is 0 Å². The molecule has 1 aliphatic carbocycles. The van der Waals surface area contributed by atoms with Gasteiger partial charge in [-0.25, -0.2) is 9.78 Å². The van der Waals surface area contributed by atoms with Crippen LogP contribution in [0, 0.1) is 10.8 Å². The van der Waals surface area contributed by atoms with Gasteiger partial charge in [-0.05, 0) is 64.2 Å². The Bertz CT molecular complexity index is 386. The molecule has 0 radical (unpaired) electrons. The fraction of sp³-hybridized carbons (Fsp3) is 1.00. The van der Waals surface area contributed by atoms with Crippen molar-refractivity contribution in [2.75, 3.05) is 0 Å². The van der Waals surface area contributed by atoms with E-state index in [1.165, 1.54) is 6.42 Å². The largest absolute Gasteiger partial charge is 0.234 e. The third-order valence-corrected chi connectivity index (χ3v) is 4.37. The molecule has 0 amide bonds. The maximum Gasteiger partial charge on any atom is 0.234 e. The van der Waals surface area contributed by atoms with Crippen molar-refractivity contribution in [1.82, 2.24) is 0 Å². The molecule has 0 atom stereocenters. The quantitative estimate of drug-likeness (QED) is 0.262. The second kappa shape index (κ2) is 8.46. The first-order valence-electron chi connectivity index (χ1n) is 10.3. The molecule has 156 valence electrons. The predicted octanol–water partition coefficient (Wildman–Crippen LogP) is 6.97. The van der Waals surface area contributed by atoms with Gasteiger partial charge < -0.3 is 0 Å². The summed E-state index contributed by atoms with van der Waals surface area (Å²) in [5.41, 5.74) is -0.433. The van der Waals surface area contributed by atoms with Gasteiger partial charge >= 0.3 is 0 Å². The Hall–Kier alpha value is -0.160. The highest BCUT2D eigenvalue weighted by Gasteiger charge is 2.42. The summed E-state index contributed by atoms with van der Waals surface area (Å²) in [6, 6.07) is 0. The van der Waals surface area contributed by atoms with Crippen LogP contribution in [0.1, 0.15) is 114 Å². The Morgan fingerprint density at radius 3 is 1.23 bits per heavy atom. The van der Waals surface area contributed by atoms with Crippen molar-refractivity contribution in [2.45, 2.75) is 131 Å². The van der Waals surface area contributed by atoms with Crippen LogP contribution >= 0.6 is 0 Å². The van der Waals surface area contributed by atoms with Crippen LogP contribution in [0.5, 0.6) is 0 Å². The molecule has 26 heavy (non-hydrogen) atoms. The summed E-state index contributed by atoms with van der Waals surface area (Å²) in [6.45, 7) is 21.5. The fourth-order valence-electron chi connectivity index (χ4n) is 4.26. The van der Waals surface area contributed by atoms with E-state index in [-0.39, 0.29) is 22.0 Å². The molecule has 1 saturated carbocycles. The van der Waals surface area contributed by atoms with Crippen molar-refractivity contribution in [2.24, 2.45) is 10.8 Å². The summed E-state index contributed by atoms with van der Waals surface area (Å²) in [7, 11) is 0. The highest BCUT2D eigenvalue weighted by atomic mass is 17.3. The maximum atomic E-state index is 5.96. The molecule has 0 N–H and O–H groups in total. The highest BCUT2D eigenvalue weighted by Crippen LogP contribution is 2.39.